The SMILES string of the molecule is CN=C(NCCNC(=O)C1CCCCC1)NCC1(C)CCCS1.I. The highest BCUT2D eigenvalue weighted by Gasteiger charge is 2.29. The van der Waals surface area contributed by atoms with Crippen LogP contribution in [0.25, 0.3) is 0 Å². The molecule has 1 atom stereocenters. The zero-order valence-electron chi connectivity index (χ0n) is 15.0. The number of rotatable bonds is 6. The Morgan fingerprint density at radius 3 is 2.46 bits per heavy atom. The first-order valence-electron chi connectivity index (χ1n) is 8.99. The van der Waals surface area contributed by atoms with Crippen LogP contribution in [0.4, 0.5) is 0 Å². The molecule has 0 aromatic rings. The van der Waals surface area contributed by atoms with E-state index < -0.39 is 0 Å². The van der Waals surface area contributed by atoms with Crippen molar-refractivity contribution in [3.63, 3.8) is 0 Å². The number of thioether (sulfide) groups is 1. The van der Waals surface area contributed by atoms with E-state index in [-0.39, 0.29) is 35.8 Å². The molecule has 1 saturated carbocycles. The molecule has 0 spiro atoms. The van der Waals surface area contributed by atoms with Crippen LogP contribution < -0.4 is 16.0 Å². The zero-order chi connectivity index (χ0) is 16.5. The number of hydrogen-bond donors (Lipinski definition) is 3. The molecule has 0 radical (unpaired) electrons. The van der Waals surface area contributed by atoms with Crippen molar-refractivity contribution in [2.24, 2.45) is 10.9 Å². The maximum atomic E-state index is 12.1. The fourth-order valence-electron chi connectivity index (χ4n) is 3.34. The van der Waals surface area contributed by atoms with Crippen molar-refractivity contribution >= 4 is 47.6 Å². The first-order valence-corrected chi connectivity index (χ1v) is 9.98. The first-order chi connectivity index (χ1) is 11.1. The van der Waals surface area contributed by atoms with E-state index in [1.807, 2.05) is 11.8 Å². The molecule has 2 rings (SSSR count). The normalized spacial score (nSPS) is 25.0. The highest BCUT2D eigenvalue weighted by molar-refractivity contribution is 14.0. The van der Waals surface area contributed by atoms with Crippen LogP contribution in [-0.4, -0.2) is 49.0 Å². The third-order valence-corrected chi connectivity index (χ3v) is 6.38. The Labute approximate surface area is 168 Å². The molecule has 7 heteroatoms. The number of carbonyl (C=O) groups excluding carboxylic acids is 1. The summed E-state index contributed by atoms with van der Waals surface area (Å²) >= 11 is 2.04. The van der Waals surface area contributed by atoms with Gasteiger partial charge < -0.3 is 16.0 Å². The van der Waals surface area contributed by atoms with Gasteiger partial charge in [0.2, 0.25) is 5.91 Å². The average Bonchev–Trinajstić information content (AvgIpc) is 3.01. The minimum Gasteiger partial charge on any atom is -0.355 e. The number of nitrogens with one attached hydrogen (secondary N) is 3. The van der Waals surface area contributed by atoms with E-state index in [2.05, 4.69) is 27.9 Å². The minimum atomic E-state index is 0. The number of carbonyl (C=O) groups is 1. The predicted octanol–water partition coefficient (Wildman–Crippen LogP) is 2.75. The molecule has 2 aliphatic rings. The van der Waals surface area contributed by atoms with Crippen LogP contribution in [0.2, 0.25) is 0 Å². The number of guanidine groups is 1. The third kappa shape index (κ3) is 7.37. The number of hydrogen-bond acceptors (Lipinski definition) is 3. The van der Waals surface area contributed by atoms with Crippen LogP contribution in [-0.2, 0) is 4.79 Å². The molecular weight excluding hydrogens is 435 g/mol. The summed E-state index contributed by atoms with van der Waals surface area (Å²) in [6, 6.07) is 0. The van der Waals surface area contributed by atoms with Crippen molar-refractivity contribution in [1.82, 2.24) is 16.0 Å². The third-order valence-electron chi connectivity index (χ3n) is 4.85. The molecule has 1 saturated heterocycles. The highest BCUT2D eigenvalue weighted by atomic mass is 127. The minimum absolute atomic E-state index is 0. The fourth-order valence-corrected chi connectivity index (χ4v) is 4.59. The van der Waals surface area contributed by atoms with Gasteiger partial charge in [-0.05, 0) is 38.4 Å². The van der Waals surface area contributed by atoms with Crippen LogP contribution >= 0.6 is 35.7 Å². The van der Waals surface area contributed by atoms with Crippen LogP contribution in [0.1, 0.15) is 51.9 Å². The summed E-state index contributed by atoms with van der Waals surface area (Å²) in [6.07, 6.45) is 8.36. The molecule has 1 heterocycles. The second-order valence-electron chi connectivity index (χ2n) is 6.88. The Hall–Kier alpha value is -0.180. The van der Waals surface area contributed by atoms with Crippen LogP contribution in [0.5, 0.6) is 0 Å². The van der Waals surface area contributed by atoms with Gasteiger partial charge in [0, 0.05) is 37.3 Å². The van der Waals surface area contributed by atoms with Gasteiger partial charge in [0.25, 0.3) is 0 Å². The van der Waals surface area contributed by atoms with Gasteiger partial charge in [-0.1, -0.05) is 19.3 Å². The summed E-state index contributed by atoms with van der Waals surface area (Å²) < 4.78 is 0.326. The van der Waals surface area contributed by atoms with Gasteiger partial charge in [0.1, 0.15) is 0 Å². The van der Waals surface area contributed by atoms with E-state index in [1.54, 1.807) is 7.05 Å². The number of halogens is 1. The summed E-state index contributed by atoms with van der Waals surface area (Å²) in [4.78, 5) is 16.3. The molecule has 1 aliphatic carbocycles. The Bertz CT molecular complexity index is 407. The fraction of sp³-hybridized carbons (Fsp3) is 0.882. The summed E-state index contributed by atoms with van der Waals surface area (Å²) in [5.74, 6) is 2.55. The first kappa shape index (κ1) is 21.9. The lowest BCUT2D eigenvalue weighted by atomic mass is 9.89. The zero-order valence-corrected chi connectivity index (χ0v) is 18.2. The Morgan fingerprint density at radius 1 is 1.12 bits per heavy atom. The molecule has 1 unspecified atom stereocenters. The lowest BCUT2D eigenvalue weighted by Crippen LogP contribution is -2.46. The Morgan fingerprint density at radius 2 is 1.83 bits per heavy atom. The van der Waals surface area contributed by atoms with Crippen molar-refractivity contribution in [3.05, 3.63) is 0 Å². The highest BCUT2D eigenvalue weighted by Crippen LogP contribution is 2.36. The van der Waals surface area contributed by atoms with Crippen LogP contribution in [0, 0.1) is 5.92 Å². The van der Waals surface area contributed by atoms with Crippen molar-refractivity contribution in [3.8, 4) is 0 Å². The molecular formula is C17H33IN4OS. The number of amides is 1. The van der Waals surface area contributed by atoms with Gasteiger partial charge >= 0.3 is 0 Å². The Balaban J connectivity index is 0.00000288. The van der Waals surface area contributed by atoms with E-state index in [0.717, 1.165) is 25.3 Å². The molecule has 0 aromatic heterocycles. The quantitative estimate of drug-likeness (QED) is 0.243. The summed E-state index contributed by atoms with van der Waals surface area (Å²) in [6.45, 7) is 4.62. The van der Waals surface area contributed by atoms with Crippen LogP contribution in [0.15, 0.2) is 4.99 Å². The van der Waals surface area contributed by atoms with Gasteiger partial charge in [-0.25, -0.2) is 0 Å². The Kier molecular flexibility index (Phi) is 10.4. The van der Waals surface area contributed by atoms with Gasteiger partial charge in [0.05, 0.1) is 0 Å². The second-order valence-corrected chi connectivity index (χ2v) is 8.56. The molecule has 2 fully saturated rings. The van der Waals surface area contributed by atoms with Gasteiger partial charge in [-0.3, -0.25) is 9.79 Å². The van der Waals surface area contributed by atoms with Crippen molar-refractivity contribution in [2.75, 3.05) is 32.4 Å². The second kappa shape index (κ2) is 11.4. The molecule has 5 nitrogen and oxygen atoms in total. The maximum absolute atomic E-state index is 12.1. The average molecular weight is 468 g/mol. The molecule has 0 aromatic carbocycles. The van der Waals surface area contributed by atoms with Gasteiger partial charge in [-0.15, -0.1) is 24.0 Å². The van der Waals surface area contributed by atoms with E-state index in [1.165, 1.54) is 37.9 Å². The van der Waals surface area contributed by atoms with E-state index in [9.17, 15) is 4.79 Å². The molecule has 1 aliphatic heterocycles. The van der Waals surface area contributed by atoms with E-state index in [0.29, 0.717) is 17.8 Å². The van der Waals surface area contributed by atoms with Gasteiger partial charge in [0.15, 0.2) is 5.96 Å². The topological polar surface area (TPSA) is 65.5 Å². The van der Waals surface area contributed by atoms with E-state index >= 15 is 0 Å². The van der Waals surface area contributed by atoms with Crippen molar-refractivity contribution < 1.29 is 4.79 Å². The molecule has 24 heavy (non-hydrogen) atoms. The monoisotopic (exact) mass is 468 g/mol. The number of aliphatic imine (C=N–C) groups is 1. The smallest absolute Gasteiger partial charge is 0.223 e. The van der Waals surface area contributed by atoms with E-state index in [4.69, 9.17) is 0 Å². The lowest BCUT2D eigenvalue weighted by Gasteiger charge is -2.24. The molecule has 0 bridgehead atoms. The molecule has 3 N–H and O–H groups in total. The van der Waals surface area contributed by atoms with Crippen molar-refractivity contribution in [2.45, 2.75) is 56.6 Å². The summed E-state index contributed by atoms with van der Waals surface area (Å²) in [7, 11) is 1.79. The molecule has 1 amide bonds. The van der Waals surface area contributed by atoms with Crippen molar-refractivity contribution in [1.29, 1.82) is 0 Å². The predicted molar refractivity (Wildman–Crippen MR) is 114 cm³/mol. The largest absolute Gasteiger partial charge is 0.355 e. The van der Waals surface area contributed by atoms with Gasteiger partial charge in [-0.2, -0.15) is 11.8 Å². The molecule has 140 valence electrons. The summed E-state index contributed by atoms with van der Waals surface area (Å²) in [5, 5.41) is 9.74. The standard InChI is InChI=1S/C17H32N4OS.HI/c1-17(9-6-12-23-17)13-21-16(18-2)20-11-10-19-15(22)14-7-4-3-5-8-14;/h14H,3-13H2,1-2H3,(H,19,22)(H2,18,20,21);1H. The lowest BCUT2D eigenvalue weighted by molar-refractivity contribution is -0.125. The van der Waals surface area contributed by atoms with Crippen LogP contribution in [0.3, 0.4) is 0 Å². The maximum Gasteiger partial charge on any atom is 0.223 e. The number of nitrogens with zero attached hydrogens (tertiary/aromatic N) is 1. The summed E-state index contributed by atoms with van der Waals surface area (Å²) in [5.41, 5.74) is 0.